The first-order valence-corrected chi connectivity index (χ1v) is 8.83. The maximum absolute atomic E-state index is 14.0. The van der Waals surface area contributed by atoms with Crippen molar-refractivity contribution in [1.82, 2.24) is 9.78 Å². The van der Waals surface area contributed by atoms with E-state index in [-0.39, 0.29) is 40.3 Å². The molecule has 0 atom stereocenters. The fourth-order valence-electron chi connectivity index (χ4n) is 2.89. The van der Waals surface area contributed by atoms with Gasteiger partial charge in [0.1, 0.15) is 0 Å². The third-order valence-corrected chi connectivity index (χ3v) is 4.48. The van der Waals surface area contributed by atoms with Crippen molar-refractivity contribution in [2.45, 2.75) is 26.6 Å². The minimum absolute atomic E-state index is 0.0234. The van der Waals surface area contributed by atoms with Gasteiger partial charge in [0, 0.05) is 23.4 Å². The predicted molar refractivity (Wildman–Crippen MR) is 102 cm³/mol. The van der Waals surface area contributed by atoms with Crippen molar-refractivity contribution in [3.63, 3.8) is 0 Å². The molecule has 30 heavy (non-hydrogen) atoms. The summed E-state index contributed by atoms with van der Waals surface area (Å²) in [5, 5.41) is 5.79. The molecule has 0 saturated carbocycles. The molecule has 5 nitrogen and oxygen atoms in total. The number of alkyl halides is 3. The molecule has 1 aromatic heterocycles. The van der Waals surface area contributed by atoms with Gasteiger partial charge in [-0.25, -0.2) is 8.78 Å². The minimum Gasteiger partial charge on any atom is -0.398 e. The normalized spacial score (nSPS) is 11.6. The van der Waals surface area contributed by atoms with Crippen LogP contribution in [0.1, 0.15) is 28.5 Å². The van der Waals surface area contributed by atoms with E-state index in [0.717, 1.165) is 10.7 Å². The zero-order valence-electron chi connectivity index (χ0n) is 15.9. The highest BCUT2D eigenvalue weighted by Gasteiger charge is 2.35. The largest absolute Gasteiger partial charge is 0.435 e. The Labute approximate surface area is 168 Å². The van der Waals surface area contributed by atoms with Crippen LogP contribution in [-0.4, -0.2) is 15.7 Å². The van der Waals surface area contributed by atoms with Crippen LogP contribution in [0, 0.1) is 18.6 Å². The van der Waals surface area contributed by atoms with Gasteiger partial charge >= 0.3 is 6.18 Å². The van der Waals surface area contributed by atoms with Crippen LogP contribution in [0.4, 0.5) is 33.3 Å². The molecule has 0 unspecified atom stereocenters. The number of nitrogens with two attached hydrogens (primary N) is 1. The van der Waals surface area contributed by atoms with E-state index in [1.54, 1.807) is 6.92 Å². The molecular weight excluding hydrogens is 407 g/mol. The lowest BCUT2D eigenvalue weighted by Gasteiger charge is -2.11. The molecule has 3 rings (SSSR count). The van der Waals surface area contributed by atoms with Gasteiger partial charge in [-0.3, -0.25) is 9.48 Å². The summed E-state index contributed by atoms with van der Waals surface area (Å²) in [6.07, 6.45) is -4.61. The van der Waals surface area contributed by atoms with E-state index < -0.39 is 29.4 Å². The molecule has 1 heterocycles. The van der Waals surface area contributed by atoms with Crippen LogP contribution in [-0.2, 0) is 12.7 Å². The van der Waals surface area contributed by atoms with Crippen LogP contribution < -0.4 is 11.1 Å². The number of amides is 1. The molecule has 0 aliphatic heterocycles. The summed E-state index contributed by atoms with van der Waals surface area (Å²) in [5.41, 5.74) is 5.10. The molecule has 0 aliphatic carbocycles. The lowest BCUT2D eigenvalue weighted by molar-refractivity contribution is -0.141. The van der Waals surface area contributed by atoms with Gasteiger partial charge in [0.2, 0.25) is 0 Å². The number of nitrogens with one attached hydrogen (secondary N) is 1. The molecule has 0 saturated heterocycles. The van der Waals surface area contributed by atoms with Crippen LogP contribution in [0.25, 0.3) is 11.3 Å². The van der Waals surface area contributed by atoms with E-state index in [1.165, 1.54) is 37.3 Å². The number of rotatable bonds is 4. The monoisotopic (exact) mass is 424 g/mol. The fraction of sp³-hybridized carbons (Fsp3) is 0.200. The van der Waals surface area contributed by atoms with Crippen molar-refractivity contribution < 1.29 is 26.7 Å². The van der Waals surface area contributed by atoms with Crippen molar-refractivity contribution in [3.8, 4) is 11.3 Å². The number of hydrogen-bond donors (Lipinski definition) is 2. The number of halogens is 5. The maximum atomic E-state index is 14.0. The van der Waals surface area contributed by atoms with Crippen LogP contribution in [0.15, 0.2) is 36.4 Å². The number of carbonyl (C=O) groups excluding carboxylic acids is 1. The zero-order chi connectivity index (χ0) is 22.2. The lowest BCUT2D eigenvalue weighted by Crippen LogP contribution is -2.14. The molecule has 0 radical (unpaired) electrons. The lowest BCUT2D eigenvalue weighted by atomic mass is 10.1. The third-order valence-electron chi connectivity index (χ3n) is 4.48. The summed E-state index contributed by atoms with van der Waals surface area (Å²) in [6.45, 7) is 3.18. The summed E-state index contributed by atoms with van der Waals surface area (Å²) in [4.78, 5) is 12.4. The van der Waals surface area contributed by atoms with Gasteiger partial charge in [-0.1, -0.05) is 6.07 Å². The van der Waals surface area contributed by atoms with Crippen molar-refractivity contribution in [2.24, 2.45) is 0 Å². The topological polar surface area (TPSA) is 72.9 Å². The van der Waals surface area contributed by atoms with Crippen LogP contribution in [0.5, 0.6) is 0 Å². The number of nitrogen functional groups attached to an aromatic ring is 1. The van der Waals surface area contributed by atoms with Crippen LogP contribution in [0.3, 0.4) is 0 Å². The molecule has 1 amide bonds. The Morgan fingerprint density at radius 3 is 2.43 bits per heavy atom. The first kappa shape index (κ1) is 21.3. The van der Waals surface area contributed by atoms with E-state index in [9.17, 15) is 26.7 Å². The second-order valence-corrected chi connectivity index (χ2v) is 6.54. The average molecular weight is 424 g/mol. The van der Waals surface area contributed by atoms with Gasteiger partial charge < -0.3 is 11.1 Å². The number of hydrogen-bond acceptors (Lipinski definition) is 3. The standard InChI is InChI=1S/C20H17F5N4O/c1-3-29-15(9-16(28-29)20(23,24)25)12-6-5-11(8-13(12)26)19(30)27-14-7-4-10(2)17(21)18(14)22/h4-9H,3,26H2,1-2H3,(H,27,30). The Balaban J connectivity index is 1.92. The van der Waals surface area contributed by atoms with Crippen LogP contribution in [0.2, 0.25) is 0 Å². The number of carbonyl (C=O) groups is 1. The zero-order valence-corrected chi connectivity index (χ0v) is 15.9. The van der Waals surface area contributed by atoms with E-state index in [1.807, 2.05) is 0 Å². The fourth-order valence-corrected chi connectivity index (χ4v) is 2.89. The summed E-state index contributed by atoms with van der Waals surface area (Å²) < 4.78 is 67.7. The third kappa shape index (κ3) is 3.98. The number of benzene rings is 2. The maximum Gasteiger partial charge on any atom is 0.435 e. The number of aryl methyl sites for hydroxylation is 2. The quantitative estimate of drug-likeness (QED) is 0.457. The first-order chi connectivity index (χ1) is 14.0. The molecule has 3 aromatic rings. The molecule has 3 N–H and O–H groups in total. The second-order valence-electron chi connectivity index (χ2n) is 6.54. The highest BCUT2D eigenvalue weighted by molar-refractivity contribution is 6.05. The number of aromatic nitrogens is 2. The Kier molecular flexibility index (Phi) is 5.51. The van der Waals surface area contributed by atoms with Gasteiger partial charge in [-0.05, 0) is 49.7 Å². The van der Waals surface area contributed by atoms with Gasteiger partial charge in [0.15, 0.2) is 17.3 Å². The molecule has 10 heteroatoms. The summed E-state index contributed by atoms with van der Waals surface area (Å²) in [7, 11) is 0. The van der Waals surface area contributed by atoms with Gasteiger partial charge in [0.05, 0.1) is 11.4 Å². The van der Waals surface area contributed by atoms with Gasteiger partial charge in [-0.15, -0.1) is 0 Å². The molecule has 0 aliphatic rings. The van der Waals surface area contributed by atoms with Crippen LogP contribution >= 0.6 is 0 Å². The highest BCUT2D eigenvalue weighted by atomic mass is 19.4. The van der Waals surface area contributed by atoms with Crippen molar-refractivity contribution in [2.75, 3.05) is 11.1 Å². The molecule has 0 bridgehead atoms. The molecule has 0 fully saturated rings. The smallest absolute Gasteiger partial charge is 0.398 e. The van der Waals surface area contributed by atoms with E-state index in [4.69, 9.17) is 5.73 Å². The SMILES string of the molecule is CCn1nc(C(F)(F)F)cc1-c1ccc(C(=O)Nc2ccc(C)c(F)c2F)cc1N. The van der Waals surface area contributed by atoms with Crippen molar-refractivity contribution in [1.29, 1.82) is 0 Å². The van der Waals surface area contributed by atoms with E-state index in [2.05, 4.69) is 10.4 Å². The Hall–Kier alpha value is -3.43. The minimum atomic E-state index is -4.61. The van der Waals surface area contributed by atoms with E-state index >= 15 is 0 Å². The molecule has 2 aromatic carbocycles. The molecule has 158 valence electrons. The Morgan fingerprint density at radius 2 is 1.83 bits per heavy atom. The highest BCUT2D eigenvalue weighted by Crippen LogP contribution is 2.34. The molecular formula is C20H17F5N4O. The van der Waals surface area contributed by atoms with E-state index in [0.29, 0.717) is 0 Å². The second kappa shape index (κ2) is 7.77. The predicted octanol–water partition coefficient (Wildman–Crippen LogP) is 5.01. The van der Waals surface area contributed by atoms with Crippen molar-refractivity contribution in [3.05, 3.63) is 64.9 Å². The van der Waals surface area contributed by atoms with Gasteiger partial charge in [0.25, 0.3) is 5.91 Å². The summed E-state index contributed by atoms with van der Waals surface area (Å²) >= 11 is 0. The molecule has 0 spiro atoms. The van der Waals surface area contributed by atoms with Gasteiger partial charge in [-0.2, -0.15) is 18.3 Å². The number of anilines is 2. The average Bonchev–Trinajstić information content (AvgIpc) is 3.13. The summed E-state index contributed by atoms with van der Waals surface area (Å²) in [5.74, 6) is -3.02. The Morgan fingerprint density at radius 1 is 1.13 bits per heavy atom. The number of nitrogens with zero attached hydrogens (tertiary/aromatic N) is 2. The summed E-state index contributed by atoms with van der Waals surface area (Å²) in [6, 6.07) is 7.35. The Bertz CT molecular complexity index is 1120. The first-order valence-electron chi connectivity index (χ1n) is 8.83. The van der Waals surface area contributed by atoms with Crippen molar-refractivity contribution >= 4 is 17.3 Å².